The maximum absolute atomic E-state index is 13.5. The molecule has 0 aliphatic heterocycles. The fraction of sp³-hybridized carbons (Fsp3) is 0.167. The molecular weight excluding hydrogens is 294 g/mol. The van der Waals surface area contributed by atoms with Gasteiger partial charge in [-0.1, -0.05) is 0 Å². The molecule has 0 unspecified atom stereocenters. The molecule has 0 aliphatic rings. The molecule has 0 radical (unpaired) electrons. The van der Waals surface area contributed by atoms with Gasteiger partial charge in [-0.05, 0) is 18.6 Å². The van der Waals surface area contributed by atoms with E-state index >= 15 is 0 Å². The SMILES string of the molecule is Cc1cc(C(=O)Nc2nc(CCl)cs2)c(F)cc1F. The van der Waals surface area contributed by atoms with E-state index in [1.54, 1.807) is 5.38 Å². The number of anilines is 1. The zero-order chi connectivity index (χ0) is 14.0. The van der Waals surface area contributed by atoms with Crippen molar-refractivity contribution in [2.75, 3.05) is 5.32 Å². The standard InChI is InChI=1S/C12H9ClF2N2OS/c1-6-2-8(10(15)3-9(6)14)11(18)17-12-16-7(4-13)5-19-12/h2-3,5H,4H2,1H3,(H,16,17,18). The Balaban J connectivity index is 2.22. The molecule has 1 heterocycles. The van der Waals surface area contributed by atoms with Gasteiger partial charge in [0.1, 0.15) is 11.6 Å². The number of carbonyl (C=O) groups is 1. The number of hydrogen-bond donors (Lipinski definition) is 1. The minimum absolute atomic E-state index is 0.201. The van der Waals surface area contributed by atoms with E-state index in [9.17, 15) is 13.6 Å². The van der Waals surface area contributed by atoms with E-state index in [4.69, 9.17) is 11.6 Å². The summed E-state index contributed by atoms with van der Waals surface area (Å²) in [4.78, 5) is 15.9. The molecule has 0 saturated carbocycles. The molecule has 2 rings (SSSR count). The topological polar surface area (TPSA) is 42.0 Å². The summed E-state index contributed by atoms with van der Waals surface area (Å²) in [6, 6.07) is 1.85. The van der Waals surface area contributed by atoms with E-state index in [0.717, 1.165) is 6.07 Å². The smallest absolute Gasteiger partial charge is 0.260 e. The van der Waals surface area contributed by atoms with Crippen molar-refractivity contribution >= 4 is 34.0 Å². The summed E-state index contributed by atoms with van der Waals surface area (Å²) in [5.74, 6) is -2.03. The number of nitrogens with zero attached hydrogens (tertiary/aromatic N) is 1. The Bertz CT molecular complexity index is 630. The summed E-state index contributed by atoms with van der Waals surface area (Å²) in [6.45, 7) is 1.46. The molecule has 0 atom stereocenters. The van der Waals surface area contributed by atoms with E-state index in [1.807, 2.05) is 0 Å². The van der Waals surface area contributed by atoms with Crippen LogP contribution in [0.3, 0.4) is 0 Å². The second-order valence-electron chi connectivity index (χ2n) is 3.81. The largest absolute Gasteiger partial charge is 0.298 e. The molecule has 1 aromatic heterocycles. The fourth-order valence-electron chi connectivity index (χ4n) is 1.42. The number of aryl methyl sites for hydroxylation is 1. The highest BCUT2D eigenvalue weighted by Crippen LogP contribution is 2.19. The van der Waals surface area contributed by atoms with Crippen molar-refractivity contribution in [3.05, 3.63) is 46.0 Å². The average Bonchev–Trinajstić information content (AvgIpc) is 2.81. The number of alkyl halides is 1. The Morgan fingerprint density at radius 3 is 2.79 bits per heavy atom. The van der Waals surface area contributed by atoms with Crippen molar-refractivity contribution < 1.29 is 13.6 Å². The highest BCUT2D eigenvalue weighted by molar-refractivity contribution is 7.14. The summed E-state index contributed by atoms with van der Waals surface area (Å²) in [5, 5.41) is 4.46. The predicted molar refractivity (Wildman–Crippen MR) is 70.7 cm³/mol. The van der Waals surface area contributed by atoms with Crippen LogP contribution in [0, 0.1) is 18.6 Å². The summed E-state index contributed by atoms with van der Waals surface area (Å²) in [7, 11) is 0. The monoisotopic (exact) mass is 302 g/mol. The Morgan fingerprint density at radius 1 is 1.42 bits per heavy atom. The molecule has 100 valence electrons. The highest BCUT2D eigenvalue weighted by atomic mass is 35.5. The number of amides is 1. The molecule has 0 fully saturated rings. The number of aromatic nitrogens is 1. The Morgan fingerprint density at radius 2 is 2.16 bits per heavy atom. The molecule has 0 saturated heterocycles. The van der Waals surface area contributed by atoms with Crippen LogP contribution in [0.4, 0.5) is 13.9 Å². The number of nitrogens with one attached hydrogen (secondary N) is 1. The average molecular weight is 303 g/mol. The predicted octanol–water partition coefficient (Wildman–Crippen LogP) is 3.72. The number of benzene rings is 1. The summed E-state index contributed by atoms with van der Waals surface area (Å²) < 4.78 is 26.6. The number of thiazole rings is 1. The summed E-state index contributed by atoms with van der Waals surface area (Å²) >= 11 is 6.77. The molecular formula is C12H9ClF2N2OS. The minimum atomic E-state index is -0.908. The van der Waals surface area contributed by atoms with Gasteiger partial charge in [-0.2, -0.15) is 0 Å². The van der Waals surface area contributed by atoms with Crippen LogP contribution < -0.4 is 5.32 Å². The van der Waals surface area contributed by atoms with E-state index in [2.05, 4.69) is 10.3 Å². The van der Waals surface area contributed by atoms with Gasteiger partial charge >= 0.3 is 0 Å². The Hall–Kier alpha value is -1.53. The summed E-state index contributed by atoms with van der Waals surface area (Å²) in [6.07, 6.45) is 0. The Labute approximate surface area is 117 Å². The van der Waals surface area contributed by atoms with Gasteiger partial charge in [0.15, 0.2) is 5.13 Å². The van der Waals surface area contributed by atoms with Crippen molar-refractivity contribution in [3.8, 4) is 0 Å². The molecule has 0 aliphatic carbocycles. The number of halogens is 3. The molecule has 3 nitrogen and oxygen atoms in total. The highest BCUT2D eigenvalue weighted by Gasteiger charge is 2.15. The van der Waals surface area contributed by atoms with Gasteiger partial charge in [-0.3, -0.25) is 10.1 Å². The lowest BCUT2D eigenvalue weighted by Gasteiger charge is -2.05. The third-order valence-electron chi connectivity index (χ3n) is 2.40. The Kier molecular flexibility index (Phi) is 4.11. The van der Waals surface area contributed by atoms with Gasteiger partial charge in [-0.15, -0.1) is 22.9 Å². The van der Waals surface area contributed by atoms with Gasteiger partial charge < -0.3 is 0 Å². The molecule has 2 aromatic rings. The number of rotatable bonds is 3. The molecule has 1 N–H and O–H groups in total. The van der Waals surface area contributed by atoms with Crippen LogP contribution in [0.25, 0.3) is 0 Å². The van der Waals surface area contributed by atoms with Crippen molar-refractivity contribution in [2.24, 2.45) is 0 Å². The minimum Gasteiger partial charge on any atom is -0.298 e. The van der Waals surface area contributed by atoms with Crippen molar-refractivity contribution in [2.45, 2.75) is 12.8 Å². The van der Waals surface area contributed by atoms with Crippen molar-refractivity contribution in [1.29, 1.82) is 0 Å². The first kappa shape index (κ1) is 13.9. The van der Waals surface area contributed by atoms with Crippen LogP contribution in [-0.2, 0) is 5.88 Å². The normalized spacial score (nSPS) is 10.5. The van der Waals surface area contributed by atoms with Crippen LogP contribution in [0.1, 0.15) is 21.6 Å². The maximum Gasteiger partial charge on any atom is 0.260 e. The van der Waals surface area contributed by atoms with E-state index in [0.29, 0.717) is 16.9 Å². The van der Waals surface area contributed by atoms with E-state index < -0.39 is 17.5 Å². The second-order valence-corrected chi connectivity index (χ2v) is 4.94. The lowest BCUT2D eigenvalue weighted by Crippen LogP contribution is -2.14. The van der Waals surface area contributed by atoms with Gasteiger partial charge in [0.2, 0.25) is 0 Å². The van der Waals surface area contributed by atoms with Crippen molar-refractivity contribution in [1.82, 2.24) is 4.98 Å². The molecule has 1 aromatic carbocycles. The van der Waals surface area contributed by atoms with Gasteiger partial charge in [0, 0.05) is 11.4 Å². The van der Waals surface area contributed by atoms with Crippen LogP contribution >= 0.6 is 22.9 Å². The molecule has 19 heavy (non-hydrogen) atoms. The number of hydrogen-bond acceptors (Lipinski definition) is 3. The molecule has 7 heteroatoms. The van der Waals surface area contributed by atoms with Gasteiger partial charge in [-0.25, -0.2) is 13.8 Å². The maximum atomic E-state index is 13.5. The molecule has 1 amide bonds. The lowest BCUT2D eigenvalue weighted by molar-refractivity contribution is 0.102. The lowest BCUT2D eigenvalue weighted by atomic mass is 10.1. The zero-order valence-electron chi connectivity index (χ0n) is 9.84. The van der Waals surface area contributed by atoms with Crippen LogP contribution in [0.15, 0.2) is 17.5 Å². The number of carbonyl (C=O) groups excluding carboxylic acids is 1. The molecule has 0 bridgehead atoms. The summed E-state index contributed by atoms with van der Waals surface area (Å²) in [5.41, 5.74) is 0.603. The van der Waals surface area contributed by atoms with Crippen LogP contribution in [0.5, 0.6) is 0 Å². The quantitative estimate of drug-likeness (QED) is 0.878. The first-order valence-electron chi connectivity index (χ1n) is 5.28. The van der Waals surface area contributed by atoms with E-state index in [-0.39, 0.29) is 17.0 Å². The van der Waals surface area contributed by atoms with Crippen LogP contribution in [-0.4, -0.2) is 10.9 Å². The van der Waals surface area contributed by atoms with Gasteiger partial charge in [0.05, 0.1) is 17.1 Å². The van der Waals surface area contributed by atoms with Gasteiger partial charge in [0.25, 0.3) is 5.91 Å². The van der Waals surface area contributed by atoms with Crippen molar-refractivity contribution in [3.63, 3.8) is 0 Å². The zero-order valence-corrected chi connectivity index (χ0v) is 11.4. The third kappa shape index (κ3) is 3.08. The van der Waals surface area contributed by atoms with E-state index in [1.165, 1.54) is 18.3 Å². The van der Waals surface area contributed by atoms with Crippen LogP contribution in [0.2, 0.25) is 0 Å². The second kappa shape index (κ2) is 5.63. The first-order chi connectivity index (χ1) is 9.01. The first-order valence-corrected chi connectivity index (χ1v) is 6.70. The molecule has 0 spiro atoms. The third-order valence-corrected chi connectivity index (χ3v) is 3.48. The fourth-order valence-corrected chi connectivity index (χ4v) is 2.36.